The highest BCUT2D eigenvalue weighted by molar-refractivity contribution is 5.98. The van der Waals surface area contributed by atoms with Gasteiger partial charge in [0.15, 0.2) is 17.4 Å². The molecule has 0 radical (unpaired) electrons. The summed E-state index contributed by atoms with van der Waals surface area (Å²) in [6.07, 6.45) is 3.32. The van der Waals surface area contributed by atoms with Crippen LogP contribution in [0.25, 0.3) is 0 Å². The van der Waals surface area contributed by atoms with Crippen LogP contribution in [0.2, 0.25) is 0 Å². The number of halogens is 2. The topological polar surface area (TPSA) is 17.1 Å². The monoisotopic (exact) mass is 254 g/mol. The second-order valence-electron chi connectivity index (χ2n) is 4.67. The van der Waals surface area contributed by atoms with Gasteiger partial charge in [0.25, 0.3) is 0 Å². The Morgan fingerprint density at radius 1 is 1.22 bits per heavy atom. The molecule has 100 valence electrons. The highest BCUT2D eigenvalue weighted by Crippen LogP contribution is 2.23. The van der Waals surface area contributed by atoms with Crippen molar-refractivity contribution in [1.82, 2.24) is 0 Å². The second kappa shape index (κ2) is 6.62. The first-order valence-corrected chi connectivity index (χ1v) is 6.51. The Bertz CT molecular complexity index is 427. The van der Waals surface area contributed by atoms with Gasteiger partial charge in [-0.1, -0.05) is 32.8 Å². The molecule has 0 saturated heterocycles. The molecule has 0 fully saturated rings. The molecule has 0 aliphatic carbocycles. The lowest BCUT2D eigenvalue weighted by atomic mass is 9.90. The van der Waals surface area contributed by atoms with Gasteiger partial charge in [-0.2, -0.15) is 0 Å². The molecule has 0 aromatic heterocycles. The Hall–Kier alpha value is -1.25. The van der Waals surface area contributed by atoms with Gasteiger partial charge in [-0.3, -0.25) is 4.79 Å². The normalized spacial score (nSPS) is 12.5. The number of benzene rings is 1. The molecule has 0 saturated carbocycles. The van der Waals surface area contributed by atoms with Crippen molar-refractivity contribution in [3.63, 3.8) is 0 Å². The van der Waals surface area contributed by atoms with E-state index in [9.17, 15) is 13.6 Å². The minimum atomic E-state index is -1.00. The lowest BCUT2D eigenvalue weighted by molar-refractivity contribution is 0.0903. The van der Waals surface area contributed by atoms with E-state index in [1.807, 2.05) is 13.8 Å². The van der Waals surface area contributed by atoms with Gasteiger partial charge in [0, 0.05) is 5.92 Å². The first-order chi connectivity index (χ1) is 8.52. The molecule has 0 bridgehead atoms. The Kier molecular flexibility index (Phi) is 5.45. The van der Waals surface area contributed by atoms with Crippen molar-refractivity contribution in [2.24, 2.45) is 5.92 Å². The lowest BCUT2D eigenvalue weighted by Crippen LogP contribution is -2.16. The summed E-state index contributed by atoms with van der Waals surface area (Å²) < 4.78 is 27.2. The zero-order valence-electron chi connectivity index (χ0n) is 11.2. The summed E-state index contributed by atoms with van der Waals surface area (Å²) in [5.41, 5.74) is 0.117. The summed E-state index contributed by atoms with van der Waals surface area (Å²) in [5.74, 6) is -2.40. The van der Waals surface area contributed by atoms with Crippen LogP contribution in [0.15, 0.2) is 12.1 Å². The molecule has 1 unspecified atom stereocenters. The SMILES string of the molecule is CCCCC(CC)C(=O)c1ccc(C)c(F)c1F. The molecule has 0 N–H and O–H groups in total. The number of Topliss-reactive ketones (excluding diaryl/α,β-unsaturated/α-hetero) is 1. The van der Waals surface area contributed by atoms with Gasteiger partial charge in [0.05, 0.1) is 5.56 Å². The molecule has 18 heavy (non-hydrogen) atoms. The van der Waals surface area contributed by atoms with Gasteiger partial charge in [-0.05, 0) is 31.4 Å². The van der Waals surface area contributed by atoms with Crippen molar-refractivity contribution in [2.45, 2.75) is 46.5 Å². The number of aryl methyl sites for hydroxylation is 1. The van der Waals surface area contributed by atoms with Crippen molar-refractivity contribution < 1.29 is 13.6 Å². The van der Waals surface area contributed by atoms with E-state index in [0.717, 1.165) is 19.3 Å². The number of rotatable bonds is 6. The molecule has 0 heterocycles. The number of carbonyl (C=O) groups excluding carboxylic acids is 1. The molecule has 1 aromatic carbocycles. The zero-order chi connectivity index (χ0) is 13.7. The standard InChI is InChI=1S/C15H20F2O/c1-4-6-7-11(5-2)15(18)12-9-8-10(3)13(16)14(12)17/h8-9,11H,4-7H2,1-3H3. The largest absolute Gasteiger partial charge is 0.294 e. The molecule has 1 aromatic rings. The average molecular weight is 254 g/mol. The summed E-state index contributed by atoms with van der Waals surface area (Å²) in [5, 5.41) is 0. The highest BCUT2D eigenvalue weighted by Gasteiger charge is 2.23. The van der Waals surface area contributed by atoms with Crippen molar-refractivity contribution in [3.8, 4) is 0 Å². The molecule has 0 spiro atoms. The predicted molar refractivity (Wildman–Crippen MR) is 68.7 cm³/mol. The fourth-order valence-electron chi connectivity index (χ4n) is 2.03. The van der Waals surface area contributed by atoms with Crippen LogP contribution in [0.5, 0.6) is 0 Å². The van der Waals surface area contributed by atoms with Crippen molar-refractivity contribution in [3.05, 3.63) is 34.9 Å². The van der Waals surface area contributed by atoms with Crippen LogP contribution < -0.4 is 0 Å². The third-order valence-electron chi connectivity index (χ3n) is 3.31. The van der Waals surface area contributed by atoms with E-state index in [-0.39, 0.29) is 22.8 Å². The van der Waals surface area contributed by atoms with E-state index in [4.69, 9.17) is 0 Å². The van der Waals surface area contributed by atoms with E-state index in [0.29, 0.717) is 6.42 Å². The summed E-state index contributed by atoms with van der Waals surface area (Å²) >= 11 is 0. The smallest absolute Gasteiger partial charge is 0.169 e. The van der Waals surface area contributed by atoms with Crippen molar-refractivity contribution in [1.29, 1.82) is 0 Å². The summed E-state index contributed by atoms with van der Waals surface area (Å²) in [6.45, 7) is 5.44. The number of ketones is 1. The molecule has 1 rings (SSSR count). The molecule has 0 aliphatic heterocycles. The summed E-state index contributed by atoms with van der Waals surface area (Å²) in [6, 6.07) is 2.85. The third-order valence-corrected chi connectivity index (χ3v) is 3.31. The van der Waals surface area contributed by atoms with E-state index in [1.54, 1.807) is 0 Å². The fourth-order valence-corrected chi connectivity index (χ4v) is 2.03. The first-order valence-electron chi connectivity index (χ1n) is 6.51. The van der Waals surface area contributed by atoms with Gasteiger partial charge in [-0.15, -0.1) is 0 Å². The average Bonchev–Trinajstić information content (AvgIpc) is 2.37. The van der Waals surface area contributed by atoms with E-state index in [1.165, 1.54) is 19.1 Å². The molecule has 0 aliphatic rings. The van der Waals surface area contributed by atoms with E-state index >= 15 is 0 Å². The van der Waals surface area contributed by atoms with Crippen LogP contribution in [-0.4, -0.2) is 5.78 Å². The van der Waals surface area contributed by atoms with Gasteiger partial charge in [0.1, 0.15) is 0 Å². The Balaban J connectivity index is 2.98. The van der Waals surface area contributed by atoms with Crippen molar-refractivity contribution in [2.75, 3.05) is 0 Å². The van der Waals surface area contributed by atoms with Crippen LogP contribution in [0.3, 0.4) is 0 Å². The van der Waals surface area contributed by atoms with Gasteiger partial charge in [0.2, 0.25) is 0 Å². The minimum absolute atomic E-state index is 0.110. The number of unbranched alkanes of at least 4 members (excludes halogenated alkanes) is 1. The molecule has 1 atom stereocenters. The molecule has 3 heteroatoms. The van der Waals surface area contributed by atoms with Crippen molar-refractivity contribution >= 4 is 5.78 Å². The van der Waals surface area contributed by atoms with Crippen LogP contribution in [-0.2, 0) is 0 Å². The highest BCUT2D eigenvalue weighted by atomic mass is 19.2. The maximum Gasteiger partial charge on any atom is 0.169 e. The quantitative estimate of drug-likeness (QED) is 0.674. The van der Waals surface area contributed by atoms with E-state index in [2.05, 4.69) is 0 Å². The van der Waals surface area contributed by atoms with Gasteiger partial charge in [-0.25, -0.2) is 8.78 Å². The third kappa shape index (κ3) is 3.15. The van der Waals surface area contributed by atoms with E-state index < -0.39 is 11.6 Å². The molecule has 0 amide bonds. The number of hydrogen-bond donors (Lipinski definition) is 0. The van der Waals surface area contributed by atoms with Crippen LogP contribution >= 0.6 is 0 Å². The molecular formula is C15H20F2O. The Morgan fingerprint density at radius 2 is 1.89 bits per heavy atom. The molecular weight excluding hydrogens is 234 g/mol. The van der Waals surface area contributed by atoms with Crippen LogP contribution in [0.4, 0.5) is 8.78 Å². The lowest BCUT2D eigenvalue weighted by Gasteiger charge is -2.14. The maximum atomic E-state index is 13.7. The minimum Gasteiger partial charge on any atom is -0.294 e. The van der Waals surface area contributed by atoms with Crippen LogP contribution in [0, 0.1) is 24.5 Å². The zero-order valence-corrected chi connectivity index (χ0v) is 11.2. The Labute approximate surface area is 107 Å². The van der Waals surface area contributed by atoms with Crippen LogP contribution in [0.1, 0.15) is 55.5 Å². The fraction of sp³-hybridized carbons (Fsp3) is 0.533. The second-order valence-corrected chi connectivity index (χ2v) is 4.67. The number of carbonyl (C=O) groups is 1. The Morgan fingerprint density at radius 3 is 2.44 bits per heavy atom. The molecule has 1 nitrogen and oxygen atoms in total. The summed E-state index contributed by atoms with van der Waals surface area (Å²) in [4.78, 5) is 12.2. The van der Waals surface area contributed by atoms with Gasteiger partial charge >= 0.3 is 0 Å². The predicted octanol–water partition coefficient (Wildman–Crippen LogP) is 4.67. The number of hydrogen-bond acceptors (Lipinski definition) is 1. The first kappa shape index (κ1) is 14.8. The van der Waals surface area contributed by atoms with Gasteiger partial charge < -0.3 is 0 Å². The maximum absolute atomic E-state index is 13.7. The summed E-state index contributed by atoms with van der Waals surface area (Å²) in [7, 11) is 0.